The van der Waals surface area contributed by atoms with E-state index >= 15 is 0 Å². The molecule has 1 heterocycles. The van der Waals surface area contributed by atoms with Gasteiger partial charge < -0.3 is 10.4 Å². The van der Waals surface area contributed by atoms with Gasteiger partial charge in [-0.3, -0.25) is 4.79 Å². The van der Waals surface area contributed by atoms with Crippen LogP contribution in [-0.2, 0) is 9.59 Å². The summed E-state index contributed by atoms with van der Waals surface area (Å²) in [6.45, 7) is 2.25. The molecule has 0 aromatic heterocycles. The summed E-state index contributed by atoms with van der Waals surface area (Å²) in [7, 11) is 0. The smallest absolute Gasteiger partial charge is 0.326 e. The average Bonchev–Trinajstić information content (AvgIpc) is 2.55. The molecule has 0 aromatic carbocycles. The molecule has 2 N–H and O–H groups in total. The maximum absolute atomic E-state index is 12.5. The molecule has 0 radical (unpaired) electrons. The Labute approximate surface area is 150 Å². The number of allylic oxidation sites excluding steroid dienone is 4. The van der Waals surface area contributed by atoms with Crippen LogP contribution in [0.15, 0.2) is 23.8 Å². The fraction of sp³-hybridized carbons (Fsp3) is 0.684. The minimum atomic E-state index is -0.945. The van der Waals surface area contributed by atoms with Crippen molar-refractivity contribution in [3.05, 3.63) is 23.8 Å². The summed E-state index contributed by atoms with van der Waals surface area (Å²) < 4.78 is 0. The van der Waals surface area contributed by atoms with E-state index < -0.39 is 12.0 Å². The number of hydrogen-bond acceptors (Lipinski definition) is 3. The molecule has 4 nitrogen and oxygen atoms in total. The minimum absolute atomic E-state index is 0.195. The quantitative estimate of drug-likeness (QED) is 0.666. The Bertz CT molecular complexity index is 515. The van der Waals surface area contributed by atoms with E-state index in [9.17, 15) is 14.7 Å². The van der Waals surface area contributed by atoms with Gasteiger partial charge in [0.25, 0.3) is 0 Å². The molecule has 0 spiro atoms. The standard InChI is InChI=1S/C19H29NO3S/c1-13-8-9-14-10-15(13)6-4-2-3-5-7-17(19(22)23)20-18(21)16(11-14)12-24/h8-10,13,15-17,24H,2-7,11-12H2,1H3,(H,20,21)(H,22,23). The van der Waals surface area contributed by atoms with Crippen LogP contribution >= 0.6 is 12.6 Å². The van der Waals surface area contributed by atoms with Crippen LogP contribution in [0.25, 0.3) is 0 Å². The number of amides is 1. The predicted molar refractivity (Wildman–Crippen MR) is 99.1 cm³/mol. The Kier molecular flexibility index (Phi) is 7.40. The first-order valence-corrected chi connectivity index (χ1v) is 9.67. The Morgan fingerprint density at radius 3 is 2.67 bits per heavy atom. The van der Waals surface area contributed by atoms with Crippen LogP contribution in [0.3, 0.4) is 0 Å². The number of carboxylic acid groups (broad SMARTS) is 1. The molecule has 1 aliphatic heterocycles. The van der Waals surface area contributed by atoms with Crippen LogP contribution in [0.4, 0.5) is 0 Å². The highest BCUT2D eigenvalue weighted by Gasteiger charge is 2.26. The van der Waals surface area contributed by atoms with Gasteiger partial charge in [0, 0.05) is 5.75 Å². The number of carboxylic acids is 1. The maximum atomic E-state index is 12.5. The second-order valence-corrected chi connectivity index (χ2v) is 7.46. The van der Waals surface area contributed by atoms with Crippen molar-refractivity contribution in [1.29, 1.82) is 0 Å². The zero-order chi connectivity index (χ0) is 17.5. The van der Waals surface area contributed by atoms with Gasteiger partial charge in [0.15, 0.2) is 0 Å². The SMILES string of the molecule is CC1C=CC2=CC1CCCCCCC(C(=O)O)NC(=O)C(CS)C2. The lowest BCUT2D eigenvalue weighted by molar-refractivity contribution is -0.142. The van der Waals surface area contributed by atoms with Gasteiger partial charge in [-0.25, -0.2) is 4.79 Å². The number of hydrogen-bond donors (Lipinski definition) is 3. The lowest BCUT2D eigenvalue weighted by Crippen LogP contribution is -2.44. The molecule has 4 unspecified atom stereocenters. The second-order valence-electron chi connectivity index (χ2n) is 7.10. The lowest BCUT2D eigenvalue weighted by Gasteiger charge is -2.26. The van der Waals surface area contributed by atoms with E-state index in [0.717, 1.165) is 25.7 Å². The summed E-state index contributed by atoms with van der Waals surface area (Å²) in [4.78, 5) is 23.9. The van der Waals surface area contributed by atoms with E-state index in [-0.39, 0.29) is 11.8 Å². The first-order chi connectivity index (χ1) is 11.5. The lowest BCUT2D eigenvalue weighted by atomic mass is 9.81. The summed E-state index contributed by atoms with van der Waals surface area (Å²) in [5.74, 6) is 0.0783. The topological polar surface area (TPSA) is 66.4 Å². The fourth-order valence-electron chi connectivity index (χ4n) is 3.54. The molecule has 4 atom stereocenters. The Balaban J connectivity index is 2.15. The molecule has 2 bridgehead atoms. The van der Waals surface area contributed by atoms with Gasteiger partial charge in [0.2, 0.25) is 5.91 Å². The van der Waals surface area contributed by atoms with Crippen molar-refractivity contribution < 1.29 is 14.7 Å². The van der Waals surface area contributed by atoms with E-state index in [1.807, 2.05) is 0 Å². The third kappa shape index (κ3) is 5.40. The highest BCUT2D eigenvalue weighted by molar-refractivity contribution is 7.80. The van der Waals surface area contributed by atoms with Crippen LogP contribution < -0.4 is 5.32 Å². The largest absolute Gasteiger partial charge is 0.480 e. The van der Waals surface area contributed by atoms with Crippen LogP contribution in [0.1, 0.15) is 51.9 Å². The Morgan fingerprint density at radius 2 is 2.00 bits per heavy atom. The van der Waals surface area contributed by atoms with Gasteiger partial charge in [-0.05, 0) is 31.1 Å². The van der Waals surface area contributed by atoms with Gasteiger partial charge in [0.05, 0.1) is 5.92 Å². The third-order valence-corrected chi connectivity index (χ3v) is 5.63. The van der Waals surface area contributed by atoms with Crippen molar-refractivity contribution in [2.45, 2.75) is 57.9 Å². The van der Waals surface area contributed by atoms with Crippen molar-refractivity contribution in [1.82, 2.24) is 5.32 Å². The van der Waals surface area contributed by atoms with Gasteiger partial charge in [-0.15, -0.1) is 0 Å². The fourth-order valence-corrected chi connectivity index (χ4v) is 3.83. The Hall–Kier alpha value is -1.23. The van der Waals surface area contributed by atoms with Crippen molar-refractivity contribution in [3.8, 4) is 0 Å². The number of thiol groups is 1. The average molecular weight is 352 g/mol. The van der Waals surface area contributed by atoms with Crippen LogP contribution in [0.5, 0.6) is 0 Å². The van der Waals surface area contributed by atoms with E-state index in [0.29, 0.717) is 30.4 Å². The number of carbonyl (C=O) groups excluding carboxylic acids is 1. The molecule has 0 aromatic rings. The molecule has 0 saturated heterocycles. The normalized spacial score (nSPS) is 32.4. The van der Waals surface area contributed by atoms with E-state index in [1.54, 1.807) is 0 Å². The molecule has 1 aliphatic carbocycles. The van der Waals surface area contributed by atoms with E-state index in [1.165, 1.54) is 12.0 Å². The maximum Gasteiger partial charge on any atom is 0.326 e. The van der Waals surface area contributed by atoms with Gasteiger partial charge >= 0.3 is 5.97 Å². The second kappa shape index (κ2) is 9.30. The zero-order valence-corrected chi connectivity index (χ0v) is 15.3. The van der Waals surface area contributed by atoms with Gasteiger partial charge in [-0.2, -0.15) is 12.6 Å². The first kappa shape index (κ1) is 19.1. The highest BCUT2D eigenvalue weighted by Crippen LogP contribution is 2.30. The summed E-state index contributed by atoms with van der Waals surface area (Å²) in [5, 5.41) is 12.1. The van der Waals surface area contributed by atoms with Crippen LogP contribution in [0, 0.1) is 17.8 Å². The Morgan fingerprint density at radius 1 is 1.29 bits per heavy atom. The van der Waals surface area contributed by atoms with E-state index in [4.69, 9.17) is 0 Å². The van der Waals surface area contributed by atoms with Gasteiger partial charge in [-0.1, -0.05) is 56.4 Å². The van der Waals surface area contributed by atoms with Crippen molar-refractivity contribution in [2.24, 2.45) is 17.8 Å². The van der Waals surface area contributed by atoms with Crippen molar-refractivity contribution >= 4 is 24.5 Å². The van der Waals surface area contributed by atoms with Crippen LogP contribution in [0.2, 0.25) is 0 Å². The third-order valence-electron chi connectivity index (χ3n) is 5.19. The molecule has 24 heavy (non-hydrogen) atoms. The molecule has 1 amide bonds. The molecular formula is C19H29NO3S. The molecule has 2 aliphatic rings. The number of fused-ring (bicyclic) bond motifs is 1. The molecule has 134 valence electrons. The van der Waals surface area contributed by atoms with Crippen molar-refractivity contribution in [3.63, 3.8) is 0 Å². The molecular weight excluding hydrogens is 322 g/mol. The molecule has 5 heteroatoms. The van der Waals surface area contributed by atoms with Crippen LogP contribution in [-0.4, -0.2) is 28.8 Å². The number of nitrogens with one attached hydrogen (secondary N) is 1. The monoisotopic (exact) mass is 351 g/mol. The highest BCUT2D eigenvalue weighted by atomic mass is 32.1. The number of carbonyl (C=O) groups is 2. The molecule has 0 saturated carbocycles. The summed E-state index contributed by atoms with van der Waals surface area (Å²) in [6, 6.07) is -0.786. The van der Waals surface area contributed by atoms with Gasteiger partial charge in [0.1, 0.15) is 6.04 Å². The zero-order valence-electron chi connectivity index (χ0n) is 14.4. The molecule has 0 fully saturated rings. The number of aliphatic carboxylic acids is 1. The first-order valence-electron chi connectivity index (χ1n) is 9.04. The summed E-state index contributed by atoms with van der Waals surface area (Å²) in [6.07, 6.45) is 13.1. The summed E-state index contributed by atoms with van der Waals surface area (Å²) >= 11 is 4.31. The molecule has 2 rings (SSSR count). The predicted octanol–water partition coefficient (Wildman–Crippen LogP) is 3.59. The number of rotatable bonds is 2. The minimum Gasteiger partial charge on any atom is -0.480 e. The van der Waals surface area contributed by atoms with E-state index in [2.05, 4.69) is 43.1 Å². The van der Waals surface area contributed by atoms with Crippen molar-refractivity contribution in [2.75, 3.05) is 5.75 Å². The summed E-state index contributed by atoms with van der Waals surface area (Å²) in [5.41, 5.74) is 1.18.